The maximum absolute atomic E-state index is 11.4. The Kier molecular flexibility index (Phi) is 4.20. The number of sulfone groups is 1. The van der Waals surface area contributed by atoms with Crippen molar-refractivity contribution < 1.29 is 18.0 Å². The monoisotopic (exact) mass is 296 g/mol. The lowest BCUT2D eigenvalue weighted by Crippen LogP contribution is -1.99. The van der Waals surface area contributed by atoms with Crippen LogP contribution in [0, 0.1) is 0 Å². The molecule has 2 rings (SSSR count). The van der Waals surface area contributed by atoms with Gasteiger partial charge in [0.05, 0.1) is 4.90 Å². The second-order valence-corrected chi connectivity index (χ2v) is 6.57. The van der Waals surface area contributed by atoms with Gasteiger partial charge in [-0.25, -0.2) is 8.42 Å². The Morgan fingerprint density at radius 3 is 2.50 bits per heavy atom. The molecule has 7 heteroatoms. The van der Waals surface area contributed by atoms with Crippen LogP contribution in [-0.4, -0.2) is 29.9 Å². The SMILES string of the molecule is CCCC(O)c1noc(-c2ccc(S(C)(=O)=O)cc2)n1. The van der Waals surface area contributed by atoms with Gasteiger partial charge in [-0.05, 0) is 30.7 Å². The van der Waals surface area contributed by atoms with E-state index in [9.17, 15) is 13.5 Å². The topological polar surface area (TPSA) is 93.3 Å². The second kappa shape index (κ2) is 5.72. The van der Waals surface area contributed by atoms with E-state index in [-0.39, 0.29) is 16.6 Å². The Hall–Kier alpha value is -1.73. The molecule has 0 bridgehead atoms. The maximum Gasteiger partial charge on any atom is 0.258 e. The number of nitrogens with zero attached hydrogens (tertiary/aromatic N) is 2. The fourth-order valence-corrected chi connectivity index (χ4v) is 2.37. The molecule has 0 aliphatic carbocycles. The van der Waals surface area contributed by atoms with Crippen molar-refractivity contribution in [1.82, 2.24) is 10.1 Å². The van der Waals surface area contributed by atoms with Gasteiger partial charge in [-0.2, -0.15) is 4.98 Å². The van der Waals surface area contributed by atoms with Gasteiger partial charge in [0.2, 0.25) is 5.82 Å². The molecule has 2 aromatic rings. The van der Waals surface area contributed by atoms with Crippen molar-refractivity contribution in [2.45, 2.75) is 30.8 Å². The number of aliphatic hydroxyl groups is 1. The number of benzene rings is 1. The number of hydrogen-bond acceptors (Lipinski definition) is 6. The number of hydrogen-bond donors (Lipinski definition) is 1. The third-order valence-corrected chi connectivity index (χ3v) is 3.96. The summed E-state index contributed by atoms with van der Waals surface area (Å²) in [5, 5.41) is 13.5. The zero-order valence-corrected chi connectivity index (χ0v) is 12.1. The minimum Gasteiger partial charge on any atom is -0.385 e. The molecule has 0 aliphatic rings. The lowest BCUT2D eigenvalue weighted by Gasteiger charge is -2.01. The Bertz CT molecular complexity index is 677. The van der Waals surface area contributed by atoms with Crippen LogP contribution in [0.15, 0.2) is 33.7 Å². The van der Waals surface area contributed by atoms with Crippen LogP contribution in [0.25, 0.3) is 11.5 Å². The van der Waals surface area contributed by atoms with E-state index in [2.05, 4.69) is 10.1 Å². The molecule has 1 aromatic carbocycles. The van der Waals surface area contributed by atoms with Gasteiger partial charge >= 0.3 is 0 Å². The summed E-state index contributed by atoms with van der Waals surface area (Å²) in [6.07, 6.45) is 1.78. The summed E-state index contributed by atoms with van der Waals surface area (Å²) >= 11 is 0. The van der Waals surface area contributed by atoms with Crippen LogP contribution in [0.4, 0.5) is 0 Å². The van der Waals surface area contributed by atoms with Crippen LogP contribution in [0.5, 0.6) is 0 Å². The predicted molar refractivity (Wildman–Crippen MR) is 72.7 cm³/mol. The highest BCUT2D eigenvalue weighted by Gasteiger charge is 2.16. The van der Waals surface area contributed by atoms with Crippen molar-refractivity contribution in [2.75, 3.05) is 6.26 Å². The van der Waals surface area contributed by atoms with E-state index in [0.29, 0.717) is 12.0 Å². The van der Waals surface area contributed by atoms with E-state index in [1.165, 1.54) is 12.1 Å². The van der Waals surface area contributed by atoms with Crippen LogP contribution < -0.4 is 0 Å². The van der Waals surface area contributed by atoms with Crippen LogP contribution in [0.1, 0.15) is 31.7 Å². The molecule has 0 spiro atoms. The summed E-state index contributed by atoms with van der Waals surface area (Å²) in [5.74, 6) is 0.504. The predicted octanol–water partition coefficient (Wildman–Crippen LogP) is 1.97. The molecule has 0 saturated carbocycles. The summed E-state index contributed by atoms with van der Waals surface area (Å²) in [7, 11) is -3.22. The van der Waals surface area contributed by atoms with Gasteiger partial charge in [0.1, 0.15) is 6.10 Å². The van der Waals surface area contributed by atoms with Gasteiger partial charge in [-0.15, -0.1) is 0 Å². The van der Waals surface area contributed by atoms with Crippen LogP contribution in [-0.2, 0) is 9.84 Å². The first-order valence-corrected chi connectivity index (χ1v) is 8.13. The third-order valence-electron chi connectivity index (χ3n) is 2.83. The first-order valence-electron chi connectivity index (χ1n) is 6.24. The van der Waals surface area contributed by atoms with Gasteiger partial charge in [0.25, 0.3) is 5.89 Å². The summed E-state index contributed by atoms with van der Waals surface area (Å²) < 4.78 is 27.8. The second-order valence-electron chi connectivity index (χ2n) is 4.56. The normalized spacial score (nSPS) is 13.3. The van der Waals surface area contributed by atoms with Crippen molar-refractivity contribution >= 4 is 9.84 Å². The van der Waals surface area contributed by atoms with Gasteiger partial charge in [0.15, 0.2) is 9.84 Å². The minimum atomic E-state index is -3.22. The van der Waals surface area contributed by atoms with Crippen molar-refractivity contribution in [1.29, 1.82) is 0 Å². The molecule has 0 aliphatic heterocycles. The zero-order valence-electron chi connectivity index (χ0n) is 11.3. The maximum atomic E-state index is 11.4. The van der Waals surface area contributed by atoms with E-state index in [4.69, 9.17) is 4.52 Å². The van der Waals surface area contributed by atoms with Crippen molar-refractivity contribution in [3.63, 3.8) is 0 Å². The van der Waals surface area contributed by atoms with Crippen LogP contribution in [0.2, 0.25) is 0 Å². The fourth-order valence-electron chi connectivity index (χ4n) is 1.73. The molecular weight excluding hydrogens is 280 g/mol. The standard InChI is InChI=1S/C13H16N2O4S/c1-3-4-11(16)12-14-13(19-15-12)9-5-7-10(8-6-9)20(2,17)18/h5-8,11,16H,3-4H2,1-2H3. The molecule has 1 aromatic heterocycles. The van der Waals surface area contributed by atoms with Crippen molar-refractivity contribution in [2.24, 2.45) is 0 Å². The minimum absolute atomic E-state index is 0.229. The van der Waals surface area contributed by atoms with Gasteiger partial charge in [-0.3, -0.25) is 0 Å². The van der Waals surface area contributed by atoms with Gasteiger partial charge in [-0.1, -0.05) is 18.5 Å². The number of rotatable bonds is 5. The molecule has 108 valence electrons. The summed E-state index contributed by atoms with van der Waals surface area (Å²) in [5.41, 5.74) is 0.611. The lowest BCUT2D eigenvalue weighted by molar-refractivity contribution is 0.153. The number of aliphatic hydroxyl groups excluding tert-OH is 1. The average molecular weight is 296 g/mol. The Morgan fingerprint density at radius 1 is 1.30 bits per heavy atom. The highest BCUT2D eigenvalue weighted by atomic mass is 32.2. The molecule has 0 fully saturated rings. The van der Waals surface area contributed by atoms with Gasteiger partial charge in [0, 0.05) is 11.8 Å². The Morgan fingerprint density at radius 2 is 1.95 bits per heavy atom. The number of aromatic nitrogens is 2. The zero-order chi connectivity index (χ0) is 14.8. The molecule has 1 atom stereocenters. The molecule has 1 unspecified atom stereocenters. The average Bonchev–Trinajstić information content (AvgIpc) is 2.88. The molecule has 1 heterocycles. The van der Waals surface area contributed by atoms with E-state index < -0.39 is 15.9 Å². The van der Waals surface area contributed by atoms with Crippen molar-refractivity contribution in [3.05, 3.63) is 30.1 Å². The third kappa shape index (κ3) is 3.23. The summed E-state index contributed by atoms with van der Waals surface area (Å²) in [6.45, 7) is 1.95. The molecule has 0 saturated heterocycles. The van der Waals surface area contributed by atoms with E-state index in [1.807, 2.05) is 6.92 Å². The first kappa shape index (κ1) is 14.7. The largest absolute Gasteiger partial charge is 0.385 e. The molecule has 20 heavy (non-hydrogen) atoms. The summed E-state index contributed by atoms with van der Waals surface area (Å²) in [6, 6.07) is 6.16. The van der Waals surface area contributed by atoms with Gasteiger partial charge < -0.3 is 9.63 Å². The van der Waals surface area contributed by atoms with E-state index in [1.54, 1.807) is 12.1 Å². The first-order chi connectivity index (χ1) is 9.41. The van der Waals surface area contributed by atoms with Crippen LogP contribution in [0.3, 0.4) is 0 Å². The Labute approximate surface area is 117 Å². The molecule has 6 nitrogen and oxygen atoms in total. The highest BCUT2D eigenvalue weighted by Crippen LogP contribution is 2.22. The molecule has 1 N–H and O–H groups in total. The quantitative estimate of drug-likeness (QED) is 0.906. The fraction of sp³-hybridized carbons (Fsp3) is 0.385. The van der Waals surface area contributed by atoms with Crippen LogP contribution >= 0.6 is 0 Å². The highest BCUT2D eigenvalue weighted by molar-refractivity contribution is 7.90. The molecule has 0 amide bonds. The van der Waals surface area contributed by atoms with E-state index >= 15 is 0 Å². The lowest BCUT2D eigenvalue weighted by atomic mass is 10.2. The van der Waals surface area contributed by atoms with E-state index in [0.717, 1.165) is 12.7 Å². The summed E-state index contributed by atoms with van der Waals surface area (Å²) in [4.78, 5) is 4.34. The molecular formula is C13H16N2O4S. The smallest absolute Gasteiger partial charge is 0.258 e. The Balaban J connectivity index is 2.24. The molecule has 0 radical (unpaired) electrons. The van der Waals surface area contributed by atoms with Crippen molar-refractivity contribution in [3.8, 4) is 11.5 Å².